The first-order chi connectivity index (χ1) is 14.9. The highest BCUT2D eigenvalue weighted by Crippen LogP contribution is 2.28. The van der Waals surface area contributed by atoms with Crippen LogP contribution >= 0.6 is 0 Å². The highest BCUT2D eigenvalue weighted by atomic mass is 16.2. The normalized spacial score (nSPS) is 13.7. The molecule has 1 aliphatic heterocycles. The van der Waals surface area contributed by atoms with Crippen molar-refractivity contribution in [3.63, 3.8) is 0 Å². The van der Waals surface area contributed by atoms with Crippen molar-refractivity contribution in [3.05, 3.63) is 88.1 Å². The van der Waals surface area contributed by atoms with Crippen LogP contribution in [-0.4, -0.2) is 47.9 Å². The lowest BCUT2D eigenvalue weighted by Crippen LogP contribution is -2.39. The Morgan fingerprint density at radius 3 is 2.68 bits per heavy atom. The maximum absolute atomic E-state index is 12.1. The van der Waals surface area contributed by atoms with Crippen molar-refractivity contribution >= 4 is 5.91 Å². The number of carbonyl (C=O) groups excluding carboxylic acids is 1. The van der Waals surface area contributed by atoms with E-state index in [1.807, 2.05) is 20.3 Å². The third kappa shape index (κ3) is 4.86. The highest BCUT2D eigenvalue weighted by Gasteiger charge is 2.21. The Morgan fingerprint density at radius 2 is 1.94 bits per heavy atom. The summed E-state index contributed by atoms with van der Waals surface area (Å²) in [7, 11) is 3.64. The van der Waals surface area contributed by atoms with Crippen molar-refractivity contribution in [1.29, 1.82) is 0 Å². The van der Waals surface area contributed by atoms with Gasteiger partial charge >= 0.3 is 0 Å². The molecule has 160 valence electrons. The topological polar surface area (TPSA) is 36.4 Å². The van der Waals surface area contributed by atoms with E-state index in [1.54, 1.807) is 4.90 Å². The molecule has 3 aromatic rings. The second-order valence-electron chi connectivity index (χ2n) is 8.85. The van der Waals surface area contributed by atoms with Crippen LogP contribution < -0.4 is 0 Å². The molecule has 0 saturated heterocycles. The fourth-order valence-corrected chi connectivity index (χ4v) is 4.28. The van der Waals surface area contributed by atoms with Crippen LogP contribution in [0.3, 0.4) is 0 Å². The third-order valence-corrected chi connectivity index (χ3v) is 6.18. The van der Waals surface area contributed by atoms with E-state index in [4.69, 9.17) is 0 Å². The Morgan fingerprint density at radius 1 is 1.10 bits per heavy atom. The van der Waals surface area contributed by atoms with Crippen molar-refractivity contribution in [1.82, 2.24) is 14.8 Å². The molecule has 4 nitrogen and oxygen atoms in total. The molecule has 2 aromatic carbocycles. The van der Waals surface area contributed by atoms with E-state index in [1.165, 1.54) is 38.9 Å². The van der Waals surface area contributed by atoms with Gasteiger partial charge in [-0.3, -0.25) is 14.7 Å². The summed E-state index contributed by atoms with van der Waals surface area (Å²) < 4.78 is 0. The van der Waals surface area contributed by atoms with Crippen LogP contribution in [0.1, 0.15) is 33.4 Å². The molecule has 0 radical (unpaired) electrons. The summed E-state index contributed by atoms with van der Waals surface area (Å²) in [5.74, 6) is 0.163. The Kier molecular flexibility index (Phi) is 6.19. The quantitative estimate of drug-likeness (QED) is 0.622. The molecule has 1 aliphatic rings. The Labute approximate surface area is 185 Å². The number of amides is 1. The standard InChI is InChI=1S/C27H31N3O/c1-19-8-11-26(28-16-19)25-15-21(10-9-20(25)2)14-22-6-5-7-23-17-30(13-12-24(22)23)18-27(31)29(3)4/h5-11,15-16H,12-14,17-18H2,1-4H3. The average molecular weight is 414 g/mol. The first-order valence-electron chi connectivity index (χ1n) is 11.0. The highest BCUT2D eigenvalue weighted by molar-refractivity contribution is 5.77. The third-order valence-electron chi connectivity index (χ3n) is 6.18. The van der Waals surface area contributed by atoms with Crippen LogP contribution in [0.15, 0.2) is 54.7 Å². The zero-order chi connectivity index (χ0) is 22.0. The zero-order valence-electron chi connectivity index (χ0n) is 19.0. The minimum absolute atomic E-state index is 0.163. The van der Waals surface area contributed by atoms with Crippen molar-refractivity contribution in [2.24, 2.45) is 0 Å². The number of fused-ring (bicyclic) bond motifs is 1. The van der Waals surface area contributed by atoms with Gasteiger partial charge in [0.25, 0.3) is 0 Å². The Balaban J connectivity index is 1.56. The van der Waals surface area contributed by atoms with E-state index in [2.05, 4.69) is 72.3 Å². The number of hydrogen-bond donors (Lipinski definition) is 0. The van der Waals surface area contributed by atoms with Crippen LogP contribution in [0.2, 0.25) is 0 Å². The number of aromatic nitrogens is 1. The number of rotatable bonds is 5. The monoisotopic (exact) mass is 413 g/mol. The molecule has 0 unspecified atom stereocenters. The maximum atomic E-state index is 12.1. The molecule has 2 heterocycles. The second kappa shape index (κ2) is 9.03. The van der Waals surface area contributed by atoms with Gasteiger partial charge in [-0.25, -0.2) is 0 Å². The number of likely N-dealkylation sites (N-methyl/N-ethyl adjacent to an activating group) is 1. The minimum Gasteiger partial charge on any atom is -0.348 e. The van der Waals surface area contributed by atoms with E-state index < -0.39 is 0 Å². The largest absolute Gasteiger partial charge is 0.348 e. The number of carbonyl (C=O) groups is 1. The van der Waals surface area contributed by atoms with Crippen molar-refractivity contribution in [3.8, 4) is 11.3 Å². The molecule has 1 aromatic heterocycles. The summed E-state index contributed by atoms with van der Waals surface area (Å²) in [6, 6.07) is 17.6. The summed E-state index contributed by atoms with van der Waals surface area (Å²) in [5.41, 5.74) is 10.2. The summed E-state index contributed by atoms with van der Waals surface area (Å²) in [4.78, 5) is 20.7. The number of benzene rings is 2. The molecule has 31 heavy (non-hydrogen) atoms. The molecule has 4 rings (SSSR count). The summed E-state index contributed by atoms with van der Waals surface area (Å²) >= 11 is 0. The van der Waals surface area contributed by atoms with Gasteiger partial charge in [0.2, 0.25) is 5.91 Å². The smallest absolute Gasteiger partial charge is 0.236 e. The van der Waals surface area contributed by atoms with E-state index in [0.29, 0.717) is 6.54 Å². The fourth-order valence-electron chi connectivity index (χ4n) is 4.28. The van der Waals surface area contributed by atoms with Crippen LogP contribution in [0.5, 0.6) is 0 Å². The van der Waals surface area contributed by atoms with Crippen LogP contribution in [0.25, 0.3) is 11.3 Å². The van der Waals surface area contributed by atoms with Gasteiger partial charge in [0.05, 0.1) is 12.2 Å². The summed E-state index contributed by atoms with van der Waals surface area (Å²) in [6.07, 6.45) is 3.84. The van der Waals surface area contributed by atoms with Gasteiger partial charge in [-0.1, -0.05) is 36.4 Å². The lowest BCUT2D eigenvalue weighted by atomic mass is 9.90. The van der Waals surface area contributed by atoms with Gasteiger partial charge in [0, 0.05) is 38.9 Å². The molecule has 0 aliphatic carbocycles. The number of nitrogens with zero attached hydrogens (tertiary/aromatic N) is 3. The van der Waals surface area contributed by atoms with E-state index in [9.17, 15) is 4.79 Å². The van der Waals surface area contributed by atoms with Gasteiger partial charge in [-0.15, -0.1) is 0 Å². The average Bonchev–Trinajstić information content (AvgIpc) is 2.75. The van der Waals surface area contributed by atoms with E-state index >= 15 is 0 Å². The molecule has 4 heteroatoms. The number of aryl methyl sites for hydroxylation is 2. The fraction of sp³-hybridized carbons (Fsp3) is 0.333. The van der Waals surface area contributed by atoms with Crippen LogP contribution in [0, 0.1) is 13.8 Å². The van der Waals surface area contributed by atoms with Gasteiger partial charge in [-0.05, 0) is 72.2 Å². The molecule has 0 saturated carbocycles. The SMILES string of the molecule is Cc1ccc(-c2cc(Cc3cccc4c3CCN(CC(=O)N(C)C)C4)ccc2C)nc1. The van der Waals surface area contributed by atoms with Gasteiger partial charge in [0.15, 0.2) is 0 Å². The first kappa shape index (κ1) is 21.3. The Bertz CT molecular complexity index is 1090. The molecule has 0 fully saturated rings. The van der Waals surface area contributed by atoms with Gasteiger partial charge in [0.1, 0.15) is 0 Å². The minimum atomic E-state index is 0.163. The molecular weight excluding hydrogens is 382 g/mol. The van der Waals surface area contributed by atoms with Gasteiger partial charge < -0.3 is 4.90 Å². The van der Waals surface area contributed by atoms with Gasteiger partial charge in [-0.2, -0.15) is 0 Å². The molecular formula is C27H31N3O. The maximum Gasteiger partial charge on any atom is 0.236 e. The predicted octanol–water partition coefficient (Wildman–Crippen LogP) is 4.40. The van der Waals surface area contributed by atoms with Crippen molar-refractivity contribution in [2.45, 2.75) is 33.2 Å². The van der Waals surface area contributed by atoms with Crippen molar-refractivity contribution in [2.75, 3.05) is 27.2 Å². The second-order valence-corrected chi connectivity index (χ2v) is 8.85. The first-order valence-corrected chi connectivity index (χ1v) is 11.0. The van der Waals surface area contributed by atoms with E-state index in [0.717, 1.165) is 31.6 Å². The summed E-state index contributed by atoms with van der Waals surface area (Å²) in [5, 5.41) is 0. The molecule has 0 spiro atoms. The molecule has 0 N–H and O–H groups in total. The lowest BCUT2D eigenvalue weighted by molar-refractivity contribution is -0.130. The summed E-state index contributed by atoms with van der Waals surface area (Å²) in [6.45, 7) is 6.47. The van der Waals surface area contributed by atoms with Crippen LogP contribution in [0.4, 0.5) is 0 Å². The van der Waals surface area contributed by atoms with E-state index in [-0.39, 0.29) is 5.91 Å². The van der Waals surface area contributed by atoms with Crippen LogP contribution in [-0.2, 0) is 24.2 Å². The lowest BCUT2D eigenvalue weighted by Gasteiger charge is -2.30. The molecule has 0 atom stereocenters. The number of pyridine rings is 1. The molecule has 0 bridgehead atoms. The molecule has 1 amide bonds. The predicted molar refractivity (Wildman–Crippen MR) is 126 cm³/mol. The number of hydrogen-bond acceptors (Lipinski definition) is 3. The Hall–Kier alpha value is -2.98. The van der Waals surface area contributed by atoms with Crippen molar-refractivity contribution < 1.29 is 4.79 Å². The zero-order valence-corrected chi connectivity index (χ0v) is 19.0.